The largest absolute Gasteiger partial charge is 0.462 e. The van der Waals surface area contributed by atoms with Crippen molar-refractivity contribution in [3.63, 3.8) is 0 Å². The number of carbonyl (C=O) groups excluding carboxylic acids is 4. The summed E-state index contributed by atoms with van der Waals surface area (Å²) in [7, 11) is 0. The van der Waals surface area contributed by atoms with Crippen LogP contribution in [0.3, 0.4) is 0 Å². The van der Waals surface area contributed by atoms with Crippen LogP contribution in [0.25, 0.3) is 11.1 Å². The molecule has 0 radical (unpaired) electrons. The van der Waals surface area contributed by atoms with E-state index in [0.717, 1.165) is 35.1 Å². The molecule has 0 unspecified atom stereocenters. The van der Waals surface area contributed by atoms with Crippen LogP contribution in [0.15, 0.2) is 60.7 Å². The highest BCUT2D eigenvalue weighted by atomic mass is 16.6. The second-order valence-corrected chi connectivity index (χ2v) is 12.4. The zero-order valence-electron chi connectivity index (χ0n) is 25.8. The monoisotopic (exact) mass is 617 g/mol. The molecule has 1 saturated carbocycles. The molecule has 0 saturated heterocycles. The number of aliphatic hydroxyl groups excluding tert-OH is 1. The molecule has 1 heterocycles. The fraction of sp³-hybridized carbons (Fsp3) is 0.486. The Morgan fingerprint density at radius 3 is 2.38 bits per heavy atom. The quantitative estimate of drug-likeness (QED) is 0.271. The summed E-state index contributed by atoms with van der Waals surface area (Å²) in [6, 6.07) is 14.8. The molecule has 0 bridgehead atoms. The van der Waals surface area contributed by atoms with Gasteiger partial charge in [-0.05, 0) is 61.3 Å². The number of cyclic esters (lactones) is 1. The molecule has 1 fully saturated rings. The predicted octanol–water partition coefficient (Wildman–Crippen LogP) is 4.11. The Balaban J connectivity index is 1.24. The molecule has 10 nitrogen and oxygen atoms in total. The lowest BCUT2D eigenvalue weighted by atomic mass is 9.94. The number of esters is 1. The molecule has 10 heteroatoms. The number of carbonyl (C=O) groups is 4. The van der Waals surface area contributed by atoms with E-state index < -0.39 is 35.6 Å². The van der Waals surface area contributed by atoms with E-state index in [1.807, 2.05) is 48.6 Å². The number of ether oxygens (including phenoxy) is 2. The maximum Gasteiger partial charge on any atom is 0.407 e. The molecule has 0 aromatic heterocycles. The maximum absolute atomic E-state index is 13.4. The Bertz CT molecular complexity index is 1370. The molecule has 1 spiro atoms. The molecule has 2 aromatic rings. The van der Waals surface area contributed by atoms with Gasteiger partial charge in [0.1, 0.15) is 19.3 Å². The minimum absolute atomic E-state index is 0.0195. The van der Waals surface area contributed by atoms with Crippen molar-refractivity contribution in [1.82, 2.24) is 16.0 Å². The van der Waals surface area contributed by atoms with Crippen LogP contribution in [0.2, 0.25) is 0 Å². The summed E-state index contributed by atoms with van der Waals surface area (Å²) in [5.41, 5.74) is 3.72. The summed E-state index contributed by atoms with van der Waals surface area (Å²) in [6.07, 6.45) is 7.06. The number of benzene rings is 2. The number of hydrogen-bond donors (Lipinski definition) is 4. The molecule has 3 amide bonds. The zero-order chi connectivity index (χ0) is 31.8. The molecule has 4 N–H and O–H groups in total. The van der Waals surface area contributed by atoms with Crippen molar-refractivity contribution in [2.75, 3.05) is 19.8 Å². The summed E-state index contributed by atoms with van der Waals surface area (Å²) >= 11 is 0. The minimum atomic E-state index is -0.929. The Morgan fingerprint density at radius 1 is 1.04 bits per heavy atom. The first-order valence-electron chi connectivity index (χ1n) is 15.9. The molecule has 45 heavy (non-hydrogen) atoms. The number of fused-ring (bicyclic) bond motifs is 3. The number of hydrogen-bond acceptors (Lipinski definition) is 7. The Hall–Kier alpha value is -4.18. The third-order valence-corrected chi connectivity index (χ3v) is 9.05. The molecule has 2 aliphatic carbocycles. The highest BCUT2D eigenvalue weighted by molar-refractivity contribution is 5.87. The molecule has 3 atom stereocenters. The van der Waals surface area contributed by atoms with Crippen LogP contribution in [0.4, 0.5) is 4.79 Å². The number of rotatable bonds is 7. The second-order valence-electron chi connectivity index (χ2n) is 12.4. The number of amides is 3. The van der Waals surface area contributed by atoms with Crippen molar-refractivity contribution in [2.24, 2.45) is 5.92 Å². The Labute approximate surface area is 263 Å². The van der Waals surface area contributed by atoms with Crippen molar-refractivity contribution < 1.29 is 33.8 Å². The van der Waals surface area contributed by atoms with Gasteiger partial charge < -0.3 is 30.5 Å². The summed E-state index contributed by atoms with van der Waals surface area (Å²) in [4.78, 5) is 52.3. The third-order valence-electron chi connectivity index (χ3n) is 9.05. The fourth-order valence-corrected chi connectivity index (χ4v) is 6.59. The van der Waals surface area contributed by atoms with Crippen LogP contribution in [0.5, 0.6) is 0 Å². The standard InChI is InChI=1S/C35H43N3O7/c1-23(20-39)36-31(40)19-24-11-3-2-4-16-30(33(42)45-22-35(38-32(24)41)17-9-10-18-35)37-34(43)44-21-29-27-14-7-5-12-25(27)26-13-6-8-15-28(26)29/h2-3,5-8,12-15,23-24,29-30,39H,4,9-11,16-22H2,1H3,(H,36,40)(H,37,43)(H,38,41)/t23-,24+,30-/m0/s1. The average Bonchev–Trinajstić information content (AvgIpc) is 3.63. The van der Waals surface area contributed by atoms with Gasteiger partial charge in [0.2, 0.25) is 11.8 Å². The highest BCUT2D eigenvalue weighted by Crippen LogP contribution is 2.44. The Morgan fingerprint density at radius 2 is 1.71 bits per heavy atom. The van der Waals surface area contributed by atoms with Crippen LogP contribution >= 0.6 is 0 Å². The van der Waals surface area contributed by atoms with E-state index in [9.17, 15) is 24.3 Å². The van der Waals surface area contributed by atoms with Crippen molar-refractivity contribution in [3.8, 4) is 11.1 Å². The van der Waals surface area contributed by atoms with Gasteiger partial charge in [-0.15, -0.1) is 0 Å². The van der Waals surface area contributed by atoms with E-state index in [4.69, 9.17) is 9.47 Å². The van der Waals surface area contributed by atoms with E-state index in [2.05, 4.69) is 28.1 Å². The predicted molar refractivity (Wildman–Crippen MR) is 168 cm³/mol. The highest BCUT2D eigenvalue weighted by Gasteiger charge is 2.39. The summed E-state index contributed by atoms with van der Waals surface area (Å²) in [5.74, 6) is -1.88. The smallest absolute Gasteiger partial charge is 0.407 e. The number of aliphatic hydroxyl groups is 1. The van der Waals surface area contributed by atoms with Gasteiger partial charge in [-0.1, -0.05) is 73.5 Å². The van der Waals surface area contributed by atoms with Crippen molar-refractivity contribution in [3.05, 3.63) is 71.8 Å². The SMILES string of the molecule is C[C@@H](CO)NC(=O)C[C@H]1CC=CCC[C@H](NC(=O)OCC2c3ccccc3-c3ccccc32)C(=O)OCC2(CCCC2)NC1=O. The van der Waals surface area contributed by atoms with E-state index >= 15 is 0 Å². The molecular formula is C35H43N3O7. The van der Waals surface area contributed by atoms with Gasteiger partial charge in [-0.2, -0.15) is 0 Å². The number of nitrogens with one attached hydrogen (secondary N) is 3. The third kappa shape index (κ3) is 7.92. The lowest BCUT2D eigenvalue weighted by Crippen LogP contribution is -2.53. The van der Waals surface area contributed by atoms with Crippen LogP contribution in [-0.2, 0) is 23.9 Å². The topological polar surface area (TPSA) is 143 Å². The maximum atomic E-state index is 13.4. The molecule has 240 valence electrons. The fourth-order valence-electron chi connectivity index (χ4n) is 6.59. The molecule has 5 rings (SSSR count). The normalized spacial score (nSPS) is 22.1. The van der Waals surface area contributed by atoms with Crippen LogP contribution in [0, 0.1) is 5.92 Å². The van der Waals surface area contributed by atoms with Crippen molar-refractivity contribution in [2.45, 2.75) is 81.8 Å². The molecule has 2 aromatic carbocycles. The summed E-state index contributed by atoms with van der Waals surface area (Å²) in [6.45, 7) is 1.61. The van der Waals surface area contributed by atoms with Crippen LogP contribution in [0.1, 0.15) is 75.3 Å². The van der Waals surface area contributed by atoms with Gasteiger partial charge in [-0.3, -0.25) is 9.59 Å². The molecular weight excluding hydrogens is 574 g/mol. The van der Waals surface area contributed by atoms with Gasteiger partial charge in [0.05, 0.1) is 18.1 Å². The van der Waals surface area contributed by atoms with Gasteiger partial charge in [0.25, 0.3) is 0 Å². The van der Waals surface area contributed by atoms with E-state index in [1.165, 1.54) is 0 Å². The summed E-state index contributed by atoms with van der Waals surface area (Å²) < 4.78 is 11.4. The average molecular weight is 618 g/mol. The van der Waals surface area contributed by atoms with E-state index in [0.29, 0.717) is 25.7 Å². The number of alkyl carbamates (subject to hydrolysis) is 1. The first-order chi connectivity index (χ1) is 21.8. The van der Waals surface area contributed by atoms with Gasteiger partial charge >= 0.3 is 12.1 Å². The van der Waals surface area contributed by atoms with E-state index in [-0.39, 0.29) is 50.4 Å². The lowest BCUT2D eigenvalue weighted by Gasteiger charge is -2.32. The molecule has 1 aliphatic heterocycles. The van der Waals surface area contributed by atoms with Gasteiger partial charge in [0, 0.05) is 18.4 Å². The zero-order valence-corrected chi connectivity index (χ0v) is 25.8. The van der Waals surface area contributed by atoms with Gasteiger partial charge in [0.15, 0.2) is 0 Å². The van der Waals surface area contributed by atoms with E-state index in [1.54, 1.807) is 6.92 Å². The number of allylic oxidation sites excluding steroid dienone is 2. The van der Waals surface area contributed by atoms with Crippen LogP contribution < -0.4 is 16.0 Å². The van der Waals surface area contributed by atoms with Crippen molar-refractivity contribution >= 4 is 23.9 Å². The Kier molecular flexibility index (Phi) is 10.5. The lowest BCUT2D eigenvalue weighted by molar-refractivity contribution is -0.149. The van der Waals surface area contributed by atoms with Crippen molar-refractivity contribution in [1.29, 1.82) is 0 Å². The minimum Gasteiger partial charge on any atom is -0.462 e. The second kappa shape index (κ2) is 14.7. The first kappa shape index (κ1) is 32.2. The van der Waals surface area contributed by atoms with Gasteiger partial charge in [-0.25, -0.2) is 9.59 Å². The first-order valence-corrected chi connectivity index (χ1v) is 15.9. The van der Waals surface area contributed by atoms with Crippen LogP contribution in [-0.4, -0.2) is 66.4 Å². The molecule has 3 aliphatic rings. The summed E-state index contributed by atoms with van der Waals surface area (Å²) in [5, 5.41) is 17.8.